The molecule has 1 aromatic heterocycles. The molecular formula is C16H19ClN2S. The number of thiazole rings is 1. The van der Waals surface area contributed by atoms with Gasteiger partial charge in [0, 0.05) is 15.5 Å². The maximum absolute atomic E-state index is 6.04. The van der Waals surface area contributed by atoms with Gasteiger partial charge in [0.05, 0.1) is 11.7 Å². The van der Waals surface area contributed by atoms with Crippen LogP contribution in [0.2, 0.25) is 5.02 Å². The molecule has 20 heavy (non-hydrogen) atoms. The smallest absolute Gasteiger partial charge is 0.124 e. The van der Waals surface area contributed by atoms with Gasteiger partial charge in [0.2, 0.25) is 0 Å². The Morgan fingerprint density at radius 1 is 1.45 bits per heavy atom. The molecule has 0 spiro atoms. The summed E-state index contributed by atoms with van der Waals surface area (Å²) in [5.41, 5.74) is 3.68. The second-order valence-corrected chi connectivity index (χ2v) is 6.81. The van der Waals surface area contributed by atoms with E-state index in [2.05, 4.69) is 25.2 Å². The van der Waals surface area contributed by atoms with Gasteiger partial charge in [-0.25, -0.2) is 4.98 Å². The van der Waals surface area contributed by atoms with Crippen LogP contribution in [-0.2, 0) is 6.42 Å². The lowest BCUT2D eigenvalue weighted by molar-refractivity contribution is 0.465. The largest absolute Gasteiger partial charge is 0.309 e. The van der Waals surface area contributed by atoms with Gasteiger partial charge in [0.25, 0.3) is 0 Å². The number of aryl methyl sites for hydroxylation is 2. The number of aromatic nitrogens is 1. The van der Waals surface area contributed by atoms with E-state index in [0.29, 0.717) is 6.04 Å². The Morgan fingerprint density at radius 3 is 3.05 bits per heavy atom. The lowest BCUT2D eigenvalue weighted by Crippen LogP contribution is -2.24. The summed E-state index contributed by atoms with van der Waals surface area (Å²) in [4.78, 5) is 6.38. The minimum Gasteiger partial charge on any atom is -0.309 e. The number of nitrogens with zero attached hydrogens (tertiary/aromatic N) is 1. The van der Waals surface area contributed by atoms with Crippen molar-refractivity contribution in [2.24, 2.45) is 0 Å². The normalized spacial score (nSPS) is 18.1. The Labute approximate surface area is 129 Å². The van der Waals surface area contributed by atoms with Crippen molar-refractivity contribution in [3.8, 4) is 10.6 Å². The van der Waals surface area contributed by atoms with Crippen LogP contribution in [0.1, 0.15) is 41.9 Å². The summed E-state index contributed by atoms with van der Waals surface area (Å²) < 4.78 is 0. The lowest BCUT2D eigenvalue weighted by atomic mass is 9.97. The number of benzene rings is 1. The van der Waals surface area contributed by atoms with Crippen LogP contribution in [0, 0.1) is 6.92 Å². The highest BCUT2D eigenvalue weighted by atomic mass is 35.5. The number of hydrogen-bond donors (Lipinski definition) is 1. The molecule has 2 nitrogen and oxygen atoms in total. The fraction of sp³-hybridized carbons (Fsp3) is 0.438. The molecule has 2 aromatic rings. The van der Waals surface area contributed by atoms with Gasteiger partial charge in [-0.15, -0.1) is 11.3 Å². The first kappa shape index (κ1) is 14.1. The van der Waals surface area contributed by atoms with Gasteiger partial charge < -0.3 is 5.32 Å². The highest BCUT2D eigenvalue weighted by Gasteiger charge is 2.24. The Balaban J connectivity index is 2.00. The molecule has 1 unspecified atom stereocenters. The topological polar surface area (TPSA) is 24.9 Å². The highest BCUT2D eigenvalue weighted by Crippen LogP contribution is 2.38. The summed E-state index contributed by atoms with van der Waals surface area (Å²) in [7, 11) is 0. The monoisotopic (exact) mass is 306 g/mol. The molecule has 1 heterocycles. The Hall–Kier alpha value is -0.900. The van der Waals surface area contributed by atoms with Crippen molar-refractivity contribution < 1.29 is 0 Å². The number of halogens is 1. The lowest BCUT2D eigenvalue weighted by Gasteiger charge is -2.21. The van der Waals surface area contributed by atoms with E-state index in [4.69, 9.17) is 16.6 Å². The van der Waals surface area contributed by atoms with Crippen LogP contribution in [-0.4, -0.2) is 11.5 Å². The van der Waals surface area contributed by atoms with E-state index in [9.17, 15) is 0 Å². The minimum atomic E-state index is 0.432. The molecule has 0 fully saturated rings. The van der Waals surface area contributed by atoms with Gasteiger partial charge in [-0.1, -0.05) is 24.6 Å². The predicted octanol–water partition coefficient (Wildman–Crippen LogP) is 4.76. The molecule has 1 N–H and O–H groups in total. The third kappa shape index (κ3) is 2.62. The maximum Gasteiger partial charge on any atom is 0.124 e. The first-order valence-corrected chi connectivity index (χ1v) is 8.38. The van der Waals surface area contributed by atoms with Crippen LogP contribution in [0.15, 0.2) is 18.2 Å². The van der Waals surface area contributed by atoms with E-state index in [1.165, 1.54) is 41.0 Å². The van der Waals surface area contributed by atoms with Crippen molar-refractivity contribution in [1.82, 2.24) is 10.3 Å². The molecule has 0 amide bonds. The molecular weight excluding hydrogens is 288 g/mol. The van der Waals surface area contributed by atoms with Crippen molar-refractivity contribution >= 4 is 22.9 Å². The van der Waals surface area contributed by atoms with Gasteiger partial charge in [-0.2, -0.15) is 0 Å². The zero-order chi connectivity index (χ0) is 14.1. The van der Waals surface area contributed by atoms with E-state index in [1.54, 1.807) is 0 Å². The third-order valence-corrected chi connectivity index (χ3v) is 5.22. The molecule has 1 aromatic carbocycles. The first-order chi connectivity index (χ1) is 9.69. The molecule has 0 saturated heterocycles. The molecule has 0 bridgehead atoms. The number of fused-ring (bicyclic) bond motifs is 1. The summed E-state index contributed by atoms with van der Waals surface area (Å²) in [5.74, 6) is 0. The molecule has 0 aliphatic heterocycles. The molecule has 1 aliphatic rings. The van der Waals surface area contributed by atoms with E-state index < -0.39 is 0 Å². The summed E-state index contributed by atoms with van der Waals surface area (Å²) in [5, 5.41) is 5.48. The van der Waals surface area contributed by atoms with Gasteiger partial charge in [0.1, 0.15) is 5.01 Å². The molecule has 0 saturated carbocycles. The fourth-order valence-electron chi connectivity index (χ4n) is 2.85. The number of nitrogens with one attached hydrogen (secondary N) is 1. The number of hydrogen-bond acceptors (Lipinski definition) is 3. The van der Waals surface area contributed by atoms with Crippen molar-refractivity contribution in [3.63, 3.8) is 0 Å². The summed E-state index contributed by atoms with van der Waals surface area (Å²) in [6, 6.07) is 6.48. The molecule has 0 radical (unpaired) electrons. The quantitative estimate of drug-likeness (QED) is 0.884. The highest BCUT2D eigenvalue weighted by molar-refractivity contribution is 7.15. The zero-order valence-corrected chi connectivity index (χ0v) is 13.4. The van der Waals surface area contributed by atoms with Crippen LogP contribution in [0.25, 0.3) is 10.6 Å². The number of rotatable bonds is 3. The Morgan fingerprint density at radius 2 is 2.30 bits per heavy atom. The Bertz CT molecular complexity index is 621. The molecule has 1 atom stereocenters. The van der Waals surface area contributed by atoms with Crippen molar-refractivity contribution in [3.05, 3.63) is 39.4 Å². The van der Waals surface area contributed by atoms with Crippen molar-refractivity contribution in [1.29, 1.82) is 0 Å². The van der Waals surface area contributed by atoms with Crippen LogP contribution < -0.4 is 5.32 Å². The second kappa shape index (κ2) is 5.84. The fourth-order valence-corrected chi connectivity index (χ4v) is 4.33. The predicted molar refractivity (Wildman–Crippen MR) is 86.7 cm³/mol. The Kier molecular flexibility index (Phi) is 4.11. The summed E-state index contributed by atoms with van der Waals surface area (Å²) in [6.45, 7) is 5.26. The summed E-state index contributed by atoms with van der Waals surface area (Å²) in [6.07, 6.45) is 3.62. The van der Waals surface area contributed by atoms with E-state index >= 15 is 0 Å². The van der Waals surface area contributed by atoms with Crippen LogP contribution >= 0.6 is 22.9 Å². The van der Waals surface area contributed by atoms with Crippen LogP contribution in [0.4, 0.5) is 0 Å². The first-order valence-electron chi connectivity index (χ1n) is 7.18. The molecule has 4 heteroatoms. The third-order valence-electron chi connectivity index (χ3n) is 3.82. The molecule has 106 valence electrons. The van der Waals surface area contributed by atoms with Gasteiger partial charge >= 0.3 is 0 Å². The standard InChI is InChI=1S/C16H19ClN2S/c1-3-18-13-5-4-6-14-15(13)19-16(20-14)12-8-7-11(17)9-10(12)2/h7-9,13,18H,3-6H2,1-2H3. The van der Waals surface area contributed by atoms with E-state index in [1.807, 2.05) is 23.5 Å². The van der Waals surface area contributed by atoms with Gasteiger partial charge in [-0.3, -0.25) is 0 Å². The van der Waals surface area contributed by atoms with Crippen molar-refractivity contribution in [2.75, 3.05) is 6.54 Å². The van der Waals surface area contributed by atoms with Crippen LogP contribution in [0.5, 0.6) is 0 Å². The maximum atomic E-state index is 6.04. The zero-order valence-electron chi connectivity index (χ0n) is 11.9. The van der Waals surface area contributed by atoms with Crippen LogP contribution in [0.3, 0.4) is 0 Å². The average Bonchev–Trinajstić information content (AvgIpc) is 2.83. The SMILES string of the molecule is CCNC1CCCc2sc(-c3ccc(Cl)cc3C)nc21. The minimum absolute atomic E-state index is 0.432. The summed E-state index contributed by atoms with van der Waals surface area (Å²) >= 11 is 7.89. The van der Waals surface area contributed by atoms with Crippen molar-refractivity contribution in [2.45, 2.75) is 39.2 Å². The van der Waals surface area contributed by atoms with Gasteiger partial charge in [0.15, 0.2) is 0 Å². The van der Waals surface area contributed by atoms with E-state index in [-0.39, 0.29) is 0 Å². The molecule has 1 aliphatic carbocycles. The average molecular weight is 307 g/mol. The second-order valence-electron chi connectivity index (χ2n) is 5.29. The van der Waals surface area contributed by atoms with Gasteiger partial charge in [-0.05, 0) is 50.4 Å². The molecule has 3 rings (SSSR count). The van der Waals surface area contributed by atoms with E-state index in [0.717, 1.165) is 16.6 Å².